The molecule has 3 nitrogen and oxygen atoms in total. The summed E-state index contributed by atoms with van der Waals surface area (Å²) < 4.78 is 5.27. The Labute approximate surface area is 116 Å². The summed E-state index contributed by atoms with van der Waals surface area (Å²) in [6.45, 7) is 8.64. The van der Waals surface area contributed by atoms with Crippen molar-refractivity contribution in [2.75, 3.05) is 26.3 Å². The maximum atomic E-state index is 5.80. The van der Waals surface area contributed by atoms with Gasteiger partial charge in [-0.05, 0) is 23.5 Å². The van der Waals surface area contributed by atoms with Crippen molar-refractivity contribution in [2.45, 2.75) is 32.7 Å². The number of hydrogen-bond donors (Lipinski definition) is 2. The average Bonchev–Trinajstić information content (AvgIpc) is 2.41. The van der Waals surface area contributed by atoms with Gasteiger partial charge in [0.05, 0.1) is 13.2 Å². The third kappa shape index (κ3) is 3.56. The molecule has 0 radical (unpaired) electrons. The summed E-state index contributed by atoms with van der Waals surface area (Å²) in [4.78, 5) is 0. The summed E-state index contributed by atoms with van der Waals surface area (Å²) in [6.07, 6.45) is 1.19. The fourth-order valence-electron chi connectivity index (χ4n) is 2.35. The quantitative estimate of drug-likeness (QED) is 0.792. The van der Waals surface area contributed by atoms with Crippen molar-refractivity contribution in [3.05, 3.63) is 35.4 Å². The zero-order chi connectivity index (χ0) is 13.7. The molecule has 1 aliphatic rings. The topological polar surface area (TPSA) is 47.3 Å². The molecule has 0 aromatic heterocycles. The Bertz CT molecular complexity index is 379. The van der Waals surface area contributed by atoms with Crippen LogP contribution in [0.25, 0.3) is 0 Å². The summed E-state index contributed by atoms with van der Waals surface area (Å²) in [5.74, 6) is 0.648. The maximum Gasteiger partial charge on any atom is 0.0569 e. The van der Waals surface area contributed by atoms with Gasteiger partial charge in [0.15, 0.2) is 0 Å². The smallest absolute Gasteiger partial charge is 0.0569 e. The molecule has 3 heteroatoms. The van der Waals surface area contributed by atoms with Crippen molar-refractivity contribution in [3.63, 3.8) is 0 Å². The summed E-state index contributed by atoms with van der Waals surface area (Å²) in [6, 6.07) is 8.94. The molecule has 3 N–H and O–H groups in total. The van der Waals surface area contributed by atoms with Crippen molar-refractivity contribution in [1.29, 1.82) is 0 Å². The van der Waals surface area contributed by atoms with Gasteiger partial charge in [-0.25, -0.2) is 0 Å². The minimum absolute atomic E-state index is 0.177. The summed E-state index contributed by atoms with van der Waals surface area (Å²) in [5, 5.41) is 3.50. The zero-order valence-electron chi connectivity index (χ0n) is 12.1. The number of ether oxygens (including phenoxy) is 1. The Kier molecular flexibility index (Phi) is 4.97. The van der Waals surface area contributed by atoms with E-state index in [1.54, 1.807) is 0 Å². The van der Waals surface area contributed by atoms with Crippen LogP contribution in [0.3, 0.4) is 0 Å². The summed E-state index contributed by atoms with van der Waals surface area (Å²) in [7, 11) is 0. The second-order valence-electron chi connectivity index (χ2n) is 5.85. The van der Waals surface area contributed by atoms with Crippen LogP contribution in [0.15, 0.2) is 24.3 Å². The van der Waals surface area contributed by atoms with Crippen LogP contribution in [0, 0.1) is 5.41 Å². The minimum atomic E-state index is 0.177. The van der Waals surface area contributed by atoms with Gasteiger partial charge in [-0.3, -0.25) is 0 Å². The van der Waals surface area contributed by atoms with Gasteiger partial charge >= 0.3 is 0 Å². The van der Waals surface area contributed by atoms with E-state index in [9.17, 15) is 0 Å². The highest BCUT2D eigenvalue weighted by atomic mass is 16.5. The van der Waals surface area contributed by atoms with Crippen LogP contribution in [-0.4, -0.2) is 26.3 Å². The molecule has 0 aliphatic carbocycles. The first-order valence-corrected chi connectivity index (χ1v) is 7.26. The predicted octanol–water partition coefficient (Wildman–Crippen LogP) is 2.26. The fraction of sp³-hybridized carbons (Fsp3) is 0.625. The molecule has 1 saturated heterocycles. The van der Waals surface area contributed by atoms with E-state index >= 15 is 0 Å². The van der Waals surface area contributed by atoms with Crippen molar-refractivity contribution in [3.8, 4) is 0 Å². The highest BCUT2D eigenvalue weighted by molar-refractivity contribution is 5.24. The van der Waals surface area contributed by atoms with E-state index in [4.69, 9.17) is 10.5 Å². The highest BCUT2D eigenvalue weighted by Gasteiger charge is 2.36. The van der Waals surface area contributed by atoms with Crippen molar-refractivity contribution < 1.29 is 4.74 Å². The predicted molar refractivity (Wildman–Crippen MR) is 79.2 cm³/mol. The second-order valence-corrected chi connectivity index (χ2v) is 5.85. The van der Waals surface area contributed by atoms with Crippen LogP contribution in [0.5, 0.6) is 0 Å². The third-order valence-corrected chi connectivity index (χ3v) is 4.24. The van der Waals surface area contributed by atoms with Crippen molar-refractivity contribution in [1.82, 2.24) is 5.32 Å². The number of hydrogen-bond acceptors (Lipinski definition) is 3. The van der Waals surface area contributed by atoms with E-state index in [1.165, 1.54) is 17.5 Å². The molecular formula is C16H26N2O. The lowest BCUT2D eigenvalue weighted by atomic mass is 9.86. The van der Waals surface area contributed by atoms with Gasteiger partial charge in [-0.15, -0.1) is 0 Å². The minimum Gasteiger partial charge on any atom is -0.380 e. The van der Waals surface area contributed by atoms with E-state index in [0.717, 1.165) is 26.3 Å². The number of rotatable bonds is 7. The van der Waals surface area contributed by atoms with Gasteiger partial charge in [-0.1, -0.05) is 38.1 Å². The van der Waals surface area contributed by atoms with Crippen LogP contribution < -0.4 is 11.1 Å². The summed E-state index contributed by atoms with van der Waals surface area (Å²) >= 11 is 0. The van der Waals surface area contributed by atoms with Crippen LogP contribution in [-0.2, 0) is 11.3 Å². The molecule has 0 bridgehead atoms. The molecule has 1 unspecified atom stereocenters. The van der Waals surface area contributed by atoms with Gasteiger partial charge in [-0.2, -0.15) is 0 Å². The molecule has 0 spiro atoms. The molecule has 0 saturated carbocycles. The molecule has 2 rings (SSSR count). The Morgan fingerprint density at radius 2 is 2.00 bits per heavy atom. The van der Waals surface area contributed by atoms with E-state index in [2.05, 4.69) is 43.4 Å². The SMILES string of the molecule is CCC(C)c1ccc(CNCC2(CN)COC2)cc1. The van der Waals surface area contributed by atoms with E-state index < -0.39 is 0 Å². The molecule has 106 valence electrons. The lowest BCUT2D eigenvalue weighted by Crippen LogP contribution is -2.54. The van der Waals surface area contributed by atoms with E-state index in [1.807, 2.05) is 0 Å². The molecule has 1 atom stereocenters. The molecule has 0 amide bonds. The van der Waals surface area contributed by atoms with Crippen LogP contribution >= 0.6 is 0 Å². The van der Waals surface area contributed by atoms with Crippen molar-refractivity contribution in [2.24, 2.45) is 11.1 Å². The van der Waals surface area contributed by atoms with Gasteiger partial charge < -0.3 is 15.8 Å². The van der Waals surface area contributed by atoms with Crippen LogP contribution in [0.4, 0.5) is 0 Å². The molecule has 1 heterocycles. The Balaban J connectivity index is 1.80. The van der Waals surface area contributed by atoms with Crippen LogP contribution in [0.2, 0.25) is 0 Å². The molecule has 19 heavy (non-hydrogen) atoms. The van der Waals surface area contributed by atoms with Gasteiger partial charge in [0, 0.05) is 25.0 Å². The third-order valence-electron chi connectivity index (χ3n) is 4.24. The number of nitrogens with two attached hydrogens (primary N) is 1. The van der Waals surface area contributed by atoms with Crippen LogP contribution in [0.1, 0.15) is 37.3 Å². The number of nitrogens with one attached hydrogen (secondary N) is 1. The molecule has 1 aromatic carbocycles. The van der Waals surface area contributed by atoms with Gasteiger partial charge in [0.1, 0.15) is 0 Å². The fourth-order valence-corrected chi connectivity index (χ4v) is 2.35. The molecule has 1 aliphatic heterocycles. The van der Waals surface area contributed by atoms with Gasteiger partial charge in [0.2, 0.25) is 0 Å². The normalized spacial score (nSPS) is 18.9. The van der Waals surface area contributed by atoms with E-state index in [-0.39, 0.29) is 5.41 Å². The molecule has 1 fully saturated rings. The molecular weight excluding hydrogens is 236 g/mol. The average molecular weight is 262 g/mol. The largest absolute Gasteiger partial charge is 0.380 e. The monoisotopic (exact) mass is 262 g/mol. The zero-order valence-corrected chi connectivity index (χ0v) is 12.1. The lowest BCUT2D eigenvalue weighted by molar-refractivity contribution is -0.105. The van der Waals surface area contributed by atoms with Gasteiger partial charge in [0.25, 0.3) is 0 Å². The molecule has 1 aromatic rings. The number of benzene rings is 1. The first kappa shape index (κ1) is 14.5. The van der Waals surface area contributed by atoms with E-state index in [0.29, 0.717) is 12.5 Å². The first-order chi connectivity index (χ1) is 9.19. The second kappa shape index (κ2) is 6.51. The van der Waals surface area contributed by atoms with Crippen molar-refractivity contribution >= 4 is 0 Å². The Morgan fingerprint density at radius 3 is 2.47 bits per heavy atom. The highest BCUT2D eigenvalue weighted by Crippen LogP contribution is 2.25. The lowest BCUT2D eigenvalue weighted by Gasteiger charge is -2.40. The standard InChI is InChI=1S/C16H26N2O/c1-3-13(2)15-6-4-14(5-7-15)8-18-10-16(9-17)11-19-12-16/h4-7,13,18H,3,8-12,17H2,1-2H3. The maximum absolute atomic E-state index is 5.80. The Hall–Kier alpha value is -0.900. The summed E-state index contributed by atoms with van der Waals surface area (Å²) in [5.41, 5.74) is 8.73. The first-order valence-electron chi connectivity index (χ1n) is 7.26. The Morgan fingerprint density at radius 1 is 1.32 bits per heavy atom.